The second-order valence-corrected chi connectivity index (χ2v) is 7.25. The number of hydrogen-bond donors (Lipinski definition) is 2. The van der Waals surface area contributed by atoms with Gasteiger partial charge in [-0.05, 0) is 45.1 Å². The molecule has 29 heavy (non-hydrogen) atoms. The summed E-state index contributed by atoms with van der Waals surface area (Å²) in [6.07, 6.45) is 3.20. The zero-order valence-electron chi connectivity index (χ0n) is 17.5. The number of fused-ring (bicyclic) bond motifs is 1. The maximum Gasteiger partial charge on any atom is 0.191 e. The molecule has 1 fully saturated rings. The summed E-state index contributed by atoms with van der Waals surface area (Å²) in [5.74, 6) is 2.39. The molecule has 1 aromatic heterocycles. The minimum absolute atomic E-state index is 0. The Morgan fingerprint density at radius 3 is 2.76 bits per heavy atom. The highest BCUT2D eigenvalue weighted by Gasteiger charge is 2.13. The average molecular weight is 515 g/mol. The van der Waals surface area contributed by atoms with Crippen molar-refractivity contribution in [2.75, 3.05) is 39.5 Å². The molecule has 1 saturated heterocycles. The molecule has 0 bridgehead atoms. The summed E-state index contributed by atoms with van der Waals surface area (Å²) in [7, 11) is 0. The van der Waals surface area contributed by atoms with Crippen molar-refractivity contribution in [3.05, 3.63) is 35.6 Å². The summed E-state index contributed by atoms with van der Waals surface area (Å²) in [5, 5.41) is 7.83. The number of nitrogens with one attached hydrogen (secondary N) is 2. The maximum atomic E-state index is 5.95. The van der Waals surface area contributed by atoms with Gasteiger partial charge in [-0.1, -0.05) is 18.2 Å². The van der Waals surface area contributed by atoms with Crippen LogP contribution in [0.15, 0.2) is 33.7 Å². The van der Waals surface area contributed by atoms with Crippen LogP contribution in [-0.2, 0) is 16.0 Å². The number of ether oxygens (including phenoxy) is 2. The zero-order valence-corrected chi connectivity index (χ0v) is 19.9. The SMILES string of the molecule is CCNC(=NCc1oc2ccccc2c1C)NCCCOCC1CCOCC1.I. The van der Waals surface area contributed by atoms with Crippen LogP contribution in [0.5, 0.6) is 0 Å². The van der Waals surface area contributed by atoms with Crippen LogP contribution in [0.1, 0.15) is 37.5 Å². The van der Waals surface area contributed by atoms with E-state index in [0.29, 0.717) is 12.5 Å². The van der Waals surface area contributed by atoms with Crippen LogP contribution in [0.3, 0.4) is 0 Å². The molecule has 6 nitrogen and oxygen atoms in total. The fraction of sp³-hybridized carbons (Fsp3) is 0.591. The highest BCUT2D eigenvalue weighted by Crippen LogP contribution is 2.25. The van der Waals surface area contributed by atoms with Crippen molar-refractivity contribution in [1.29, 1.82) is 0 Å². The molecule has 0 radical (unpaired) electrons. The number of aliphatic imine (C=N–C) groups is 1. The Labute approximate surface area is 190 Å². The standard InChI is InChI=1S/C22H33N3O3.HI/c1-3-23-22(24-11-6-12-27-16-18-9-13-26-14-10-18)25-15-21-17(2)19-7-4-5-8-20(19)28-21;/h4-5,7-8,18H,3,6,9-16H2,1-2H3,(H2,23,24,25);1H. The van der Waals surface area contributed by atoms with Crippen LogP contribution >= 0.6 is 24.0 Å². The summed E-state index contributed by atoms with van der Waals surface area (Å²) in [4.78, 5) is 4.68. The fourth-order valence-corrected chi connectivity index (χ4v) is 3.41. The Hall–Kier alpha value is -1.32. The van der Waals surface area contributed by atoms with E-state index >= 15 is 0 Å². The predicted molar refractivity (Wildman–Crippen MR) is 128 cm³/mol. The van der Waals surface area contributed by atoms with Gasteiger partial charge in [0.25, 0.3) is 0 Å². The lowest BCUT2D eigenvalue weighted by atomic mass is 10.0. The van der Waals surface area contributed by atoms with Gasteiger partial charge >= 0.3 is 0 Å². The van der Waals surface area contributed by atoms with Crippen LogP contribution in [0.4, 0.5) is 0 Å². The van der Waals surface area contributed by atoms with Crippen LogP contribution < -0.4 is 10.6 Å². The monoisotopic (exact) mass is 515 g/mol. The quantitative estimate of drug-likeness (QED) is 0.226. The Bertz CT molecular complexity index is 757. The summed E-state index contributed by atoms with van der Waals surface area (Å²) < 4.78 is 17.2. The Balaban J connectivity index is 0.00000300. The molecule has 2 N–H and O–H groups in total. The first-order valence-corrected chi connectivity index (χ1v) is 10.4. The Morgan fingerprint density at radius 2 is 2.00 bits per heavy atom. The molecular formula is C22H34IN3O3. The number of halogens is 1. The first kappa shape index (κ1) is 24.0. The molecule has 0 atom stereocenters. The normalized spacial score (nSPS) is 15.3. The van der Waals surface area contributed by atoms with E-state index in [-0.39, 0.29) is 24.0 Å². The van der Waals surface area contributed by atoms with Gasteiger partial charge in [-0.25, -0.2) is 4.99 Å². The van der Waals surface area contributed by atoms with Gasteiger partial charge in [-0.3, -0.25) is 0 Å². The maximum absolute atomic E-state index is 5.95. The topological polar surface area (TPSA) is 68.0 Å². The molecule has 162 valence electrons. The first-order chi connectivity index (χ1) is 13.8. The molecule has 1 aliphatic rings. The molecule has 7 heteroatoms. The van der Waals surface area contributed by atoms with Gasteiger partial charge < -0.3 is 24.5 Å². The van der Waals surface area contributed by atoms with E-state index < -0.39 is 0 Å². The molecule has 0 aliphatic carbocycles. The van der Waals surface area contributed by atoms with Crippen LogP contribution in [0.2, 0.25) is 0 Å². The van der Waals surface area contributed by atoms with Crippen LogP contribution in [-0.4, -0.2) is 45.5 Å². The van der Waals surface area contributed by atoms with Crippen LogP contribution in [0.25, 0.3) is 11.0 Å². The van der Waals surface area contributed by atoms with E-state index in [2.05, 4.69) is 35.5 Å². The summed E-state index contributed by atoms with van der Waals surface area (Å²) in [5.41, 5.74) is 2.08. The number of rotatable bonds is 9. The molecule has 0 amide bonds. The smallest absolute Gasteiger partial charge is 0.191 e. The third kappa shape index (κ3) is 7.46. The van der Waals surface area contributed by atoms with Gasteiger partial charge in [0.1, 0.15) is 17.9 Å². The Kier molecular flexibility index (Phi) is 10.8. The molecule has 2 heterocycles. The fourth-order valence-electron chi connectivity index (χ4n) is 3.41. The van der Waals surface area contributed by atoms with E-state index in [1.807, 2.05) is 18.2 Å². The number of nitrogens with zero attached hydrogens (tertiary/aromatic N) is 1. The molecule has 0 spiro atoms. The average Bonchev–Trinajstić information content (AvgIpc) is 3.05. The lowest BCUT2D eigenvalue weighted by Gasteiger charge is -2.21. The number of aryl methyl sites for hydroxylation is 1. The van der Waals surface area contributed by atoms with Gasteiger partial charge in [0.05, 0.1) is 0 Å². The van der Waals surface area contributed by atoms with Gasteiger partial charge in [0.15, 0.2) is 5.96 Å². The number of guanidine groups is 1. The van der Waals surface area contributed by atoms with Crippen molar-refractivity contribution < 1.29 is 13.9 Å². The zero-order chi connectivity index (χ0) is 19.6. The number of furan rings is 1. The van der Waals surface area contributed by atoms with Crippen molar-refractivity contribution in [2.24, 2.45) is 10.9 Å². The third-order valence-corrected chi connectivity index (χ3v) is 5.12. The van der Waals surface area contributed by atoms with Crippen molar-refractivity contribution >= 4 is 40.9 Å². The van der Waals surface area contributed by atoms with E-state index in [0.717, 1.165) is 87.0 Å². The largest absolute Gasteiger partial charge is 0.459 e. The second-order valence-electron chi connectivity index (χ2n) is 7.25. The molecule has 0 saturated carbocycles. The predicted octanol–water partition coefficient (Wildman–Crippen LogP) is 4.25. The molecule has 2 aromatic rings. The third-order valence-electron chi connectivity index (χ3n) is 5.12. The summed E-state index contributed by atoms with van der Waals surface area (Å²) >= 11 is 0. The Morgan fingerprint density at radius 1 is 1.21 bits per heavy atom. The molecular weight excluding hydrogens is 481 g/mol. The van der Waals surface area contributed by atoms with Crippen molar-refractivity contribution in [3.8, 4) is 0 Å². The highest BCUT2D eigenvalue weighted by atomic mass is 127. The number of benzene rings is 1. The molecule has 0 unspecified atom stereocenters. The summed E-state index contributed by atoms with van der Waals surface area (Å²) in [6.45, 7) is 9.72. The van der Waals surface area contributed by atoms with Crippen molar-refractivity contribution in [3.63, 3.8) is 0 Å². The van der Waals surface area contributed by atoms with Gasteiger partial charge in [0.2, 0.25) is 0 Å². The van der Waals surface area contributed by atoms with E-state index in [1.165, 1.54) is 0 Å². The summed E-state index contributed by atoms with van der Waals surface area (Å²) in [6, 6.07) is 8.12. The minimum Gasteiger partial charge on any atom is -0.459 e. The van der Waals surface area contributed by atoms with E-state index in [1.54, 1.807) is 0 Å². The van der Waals surface area contributed by atoms with Gasteiger partial charge in [-0.15, -0.1) is 24.0 Å². The van der Waals surface area contributed by atoms with Gasteiger partial charge in [-0.2, -0.15) is 0 Å². The lowest BCUT2D eigenvalue weighted by molar-refractivity contribution is 0.0203. The first-order valence-electron chi connectivity index (χ1n) is 10.4. The van der Waals surface area contributed by atoms with E-state index in [4.69, 9.17) is 13.9 Å². The minimum atomic E-state index is 0. The number of hydrogen-bond acceptors (Lipinski definition) is 4. The molecule has 1 aliphatic heterocycles. The lowest BCUT2D eigenvalue weighted by Crippen LogP contribution is -2.38. The van der Waals surface area contributed by atoms with E-state index in [9.17, 15) is 0 Å². The molecule has 1 aromatic carbocycles. The van der Waals surface area contributed by atoms with Crippen LogP contribution in [0, 0.1) is 12.8 Å². The molecule has 3 rings (SSSR count). The van der Waals surface area contributed by atoms with Gasteiger partial charge in [0, 0.05) is 50.5 Å². The van der Waals surface area contributed by atoms with Crippen molar-refractivity contribution in [1.82, 2.24) is 10.6 Å². The highest BCUT2D eigenvalue weighted by molar-refractivity contribution is 14.0. The van der Waals surface area contributed by atoms with Crippen molar-refractivity contribution in [2.45, 2.75) is 39.7 Å². The number of para-hydroxylation sites is 1. The second kappa shape index (κ2) is 13.1.